The molecule has 0 aromatic heterocycles. The summed E-state index contributed by atoms with van der Waals surface area (Å²) < 4.78 is 0. The molecular formula is C13H21NO3. The van der Waals surface area contributed by atoms with Crippen LogP contribution >= 0.6 is 0 Å². The predicted octanol–water partition coefficient (Wildman–Crippen LogP) is 1.57. The van der Waals surface area contributed by atoms with E-state index in [1.165, 1.54) is 12.1 Å². The molecule has 0 aliphatic carbocycles. The first-order valence-electron chi connectivity index (χ1n) is 5.65. The summed E-state index contributed by atoms with van der Waals surface area (Å²) in [6, 6.07) is 3.01. The molecule has 0 saturated carbocycles. The average molecular weight is 239 g/mol. The third kappa shape index (κ3) is 3.70. The SMILES string of the molecule is Cc1c(O)ccc(C(O)O)c1CNC(C)(C)C. The van der Waals surface area contributed by atoms with Crippen molar-refractivity contribution in [2.45, 2.75) is 46.1 Å². The van der Waals surface area contributed by atoms with Crippen LogP contribution in [0.1, 0.15) is 43.8 Å². The van der Waals surface area contributed by atoms with Crippen molar-refractivity contribution in [1.82, 2.24) is 5.32 Å². The Kier molecular flexibility index (Phi) is 4.14. The summed E-state index contributed by atoms with van der Waals surface area (Å²) in [6.07, 6.45) is -1.52. The summed E-state index contributed by atoms with van der Waals surface area (Å²) in [5, 5.41) is 31.5. The van der Waals surface area contributed by atoms with Crippen LogP contribution < -0.4 is 5.32 Å². The van der Waals surface area contributed by atoms with E-state index in [0.717, 1.165) is 5.56 Å². The number of aliphatic hydroxyl groups is 2. The van der Waals surface area contributed by atoms with E-state index in [2.05, 4.69) is 5.32 Å². The second-order valence-corrected chi connectivity index (χ2v) is 5.25. The molecule has 4 N–H and O–H groups in total. The van der Waals surface area contributed by atoms with Crippen molar-refractivity contribution in [1.29, 1.82) is 0 Å². The van der Waals surface area contributed by atoms with Gasteiger partial charge >= 0.3 is 0 Å². The third-order valence-electron chi connectivity index (χ3n) is 2.68. The fourth-order valence-corrected chi connectivity index (χ4v) is 1.60. The Morgan fingerprint density at radius 1 is 1.24 bits per heavy atom. The Labute approximate surface area is 102 Å². The van der Waals surface area contributed by atoms with Gasteiger partial charge in [0.1, 0.15) is 5.75 Å². The van der Waals surface area contributed by atoms with E-state index in [1.807, 2.05) is 20.8 Å². The Hall–Kier alpha value is -1.10. The van der Waals surface area contributed by atoms with Crippen molar-refractivity contribution in [2.24, 2.45) is 0 Å². The molecule has 0 aliphatic heterocycles. The number of nitrogens with one attached hydrogen (secondary N) is 1. The fourth-order valence-electron chi connectivity index (χ4n) is 1.60. The van der Waals surface area contributed by atoms with Crippen LogP contribution in [0.3, 0.4) is 0 Å². The molecule has 0 unspecified atom stereocenters. The summed E-state index contributed by atoms with van der Waals surface area (Å²) >= 11 is 0. The normalized spacial score (nSPS) is 12.2. The lowest BCUT2D eigenvalue weighted by molar-refractivity contribution is -0.0432. The van der Waals surface area contributed by atoms with Crippen LogP contribution in [0.4, 0.5) is 0 Å². The lowest BCUT2D eigenvalue weighted by atomic mass is 9.99. The minimum Gasteiger partial charge on any atom is -0.508 e. The number of phenols is 1. The van der Waals surface area contributed by atoms with Gasteiger partial charge in [0.2, 0.25) is 0 Å². The molecule has 0 radical (unpaired) electrons. The Balaban J connectivity index is 3.06. The molecule has 17 heavy (non-hydrogen) atoms. The number of benzene rings is 1. The van der Waals surface area contributed by atoms with Crippen LogP contribution in [0.5, 0.6) is 5.75 Å². The number of phenolic OH excluding ortho intramolecular Hbond substituents is 1. The van der Waals surface area contributed by atoms with Gasteiger partial charge in [0.15, 0.2) is 6.29 Å². The van der Waals surface area contributed by atoms with Crippen molar-refractivity contribution in [2.75, 3.05) is 0 Å². The highest BCUT2D eigenvalue weighted by Crippen LogP contribution is 2.27. The molecule has 1 aromatic carbocycles. The van der Waals surface area contributed by atoms with Crippen molar-refractivity contribution < 1.29 is 15.3 Å². The average Bonchev–Trinajstić information content (AvgIpc) is 2.18. The van der Waals surface area contributed by atoms with Gasteiger partial charge < -0.3 is 20.6 Å². The molecule has 1 rings (SSSR count). The van der Waals surface area contributed by atoms with E-state index in [-0.39, 0.29) is 11.3 Å². The predicted molar refractivity (Wildman–Crippen MR) is 66.6 cm³/mol. The standard InChI is InChI=1S/C13H21NO3/c1-8-10(7-14-13(2,3)4)9(12(16)17)5-6-11(8)15/h5-6,12,14-17H,7H2,1-4H3. The van der Waals surface area contributed by atoms with Crippen LogP contribution in [-0.4, -0.2) is 20.9 Å². The van der Waals surface area contributed by atoms with Gasteiger partial charge in [-0.25, -0.2) is 0 Å². The molecule has 0 spiro atoms. The maximum atomic E-state index is 9.64. The summed E-state index contributed by atoms with van der Waals surface area (Å²) in [7, 11) is 0. The van der Waals surface area contributed by atoms with E-state index < -0.39 is 6.29 Å². The van der Waals surface area contributed by atoms with Crippen molar-refractivity contribution >= 4 is 0 Å². The minimum absolute atomic E-state index is 0.0738. The number of hydrogen-bond acceptors (Lipinski definition) is 4. The maximum Gasteiger partial charge on any atom is 0.178 e. The van der Waals surface area contributed by atoms with E-state index in [4.69, 9.17) is 0 Å². The van der Waals surface area contributed by atoms with Gasteiger partial charge in [0, 0.05) is 17.6 Å². The molecule has 0 bridgehead atoms. The molecule has 4 nitrogen and oxygen atoms in total. The topological polar surface area (TPSA) is 72.7 Å². The number of aromatic hydroxyl groups is 1. The lowest BCUT2D eigenvalue weighted by Crippen LogP contribution is -2.35. The zero-order valence-electron chi connectivity index (χ0n) is 10.8. The molecule has 4 heteroatoms. The highest BCUT2D eigenvalue weighted by atomic mass is 16.5. The quantitative estimate of drug-likeness (QED) is 0.604. The van der Waals surface area contributed by atoms with Gasteiger partial charge in [-0.3, -0.25) is 0 Å². The largest absolute Gasteiger partial charge is 0.508 e. The second-order valence-electron chi connectivity index (χ2n) is 5.25. The number of aliphatic hydroxyl groups excluding tert-OH is 1. The third-order valence-corrected chi connectivity index (χ3v) is 2.68. The summed E-state index contributed by atoms with van der Waals surface area (Å²) in [4.78, 5) is 0. The van der Waals surface area contributed by atoms with Crippen LogP contribution in [0.25, 0.3) is 0 Å². The van der Waals surface area contributed by atoms with E-state index >= 15 is 0 Å². The Morgan fingerprint density at radius 2 is 1.82 bits per heavy atom. The smallest absolute Gasteiger partial charge is 0.178 e. The van der Waals surface area contributed by atoms with Crippen LogP contribution in [0, 0.1) is 6.92 Å². The summed E-state index contributed by atoms with van der Waals surface area (Å²) in [6.45, 7) is 8.33. The minimum atomic E-state index is -1.52. The van der Waals surface area contributed by atoms with E-state index in [9.17, 15) is 15.3 Å². The van der Waals surface area contributed by atoms with E-state index in [1.54, 1.807) is 6.92 Å². The monoisotopic (exact) mass is 239 g/mol. The van der Waals surface area contributed by atoms with Crippen molar-refractivity contribution in [3.8, 4) is 5.75 Å². The molecule has 0 fully saturated rings. The van der Waals surface area contributed by atoms with Gasteiger partial charge in [-0.2, -0.15) is 0 Å². The summed E-state index contributed by atoms with van der Waals surface area (Å²) in [5.41, 5.74) is 1.76. The highest BCUT2D eigenvalue weighted by Gasteiger charge is 2.16. The van der Waals surface area contributed by atoms with Crippen molar-refractivity contribution in [3.05, 3.63) is 28.8 Å². The van der Waals surface area contributed by atoms with Gasteiger partial charge in [0.25, 0.3) is 0 Å². The summed E-state index contributed by atoms with van der Waals surface area (Å²) in [5.74, 6) is 0.167. The molecule has 0 aliphatic rings. The molecule has 0 saturated heterocycles. The number of rotatable bonds is 3. The van der Waals surface area contributed by atoms with Gasteiger partial charge in [-0.15, -0.1) is 0 Å². The molecule has 0 amide bonds. The highest BCUT2D eigenvalue weighted by molar-refractivity contribution is 5.44. The van der Waals surface area contributed by atoms with Crippen molar-refractivity contribution in [3.63, 3.8) is 0 Å². The molecule has 0 atom stereocenters. The molecular weight excluding hydrogens is 218 g/mol. The van der Waals surface area contributed by atoms with Crippen LogP contribution in [0.2, 0.25) is 0 Å². The first kappa shape index (κ1) is 14.0. The van der Waals surface area contributed by atoms with Crippen LogP contribution in [-0.2, 0) is 6.54 Å². The van der Waals surface area contributed by atoms with Crippen LogP contribution in [0.15, 0.2) is 12.1 Å². The first-order chi connectivity index (χ1) is 7.72. The van der Waals surface area contributed by atoms with E-state index in [0.29, 0.717) is 17.7 Å². The molecule has 1 aromatic rings. The Morgan fingerprint density at radius 3 is 2.29 bits per heavy atom. The van der Waals surface area contributed by atoms with Gasteiger partial charge in [-0.05, 0) is 51.0 Å². The zero-order chi connectivity index (χ0) is 13.2. The lowest BCUT2D eigenvalue weighted by Gasteiger charge is -2.23. The zero-order valence-corrected chi connectivity index (χ0v) is 10.8. The molecule has 96 valence electrons. The molecule has 0 heterocycles. The fraction of sp³-hybridized carbons (Fsp3) is 0.538. The first-order valence-corrected chi connectivity index (χ1v) is 5.65. The van der Waals surface area contributed by atoms with Gasteiger partial charge in [0.05, 0.1) is 0 Å². The second kappa shape index (κ2) is 5.04. The van der Waals surface area contributed by atoms with Gasteiger partial charge in [-0.1, -0.05) is 0 Å². The number of hydrogen-bond donors (Lipinski definition) is 4. The Bertz CT molecular complexity index is 394. The maximum absolute atomic E-state index is 9.64.